The zero-order valence-electron chi connectivity index (χ0n) is 9.80. The zero-order valence-corrected chi connectivity index (χ0v) is 11.3. The second-order valence-corrected chi connectivity index (χ2v) is 4.35. The maximum atomic E-state index is 11.8. The topological polar surface area (TPSA) is 38.3 Å². The van der Waals surface area contributed by atoms with Crippen LogP contribution in [0.4, 0.5) is 0 Å². The highest BCUT2D eigenvalue weighted by atomic mass is 35.5. The number of carbonyl (C=O) groups excluding carboxylic acids is 1. The number of halogens is 2. The lowest BCUT2D eigenvalue weighted by Gasteiger charge is -2.15. The molecule has 1 aromatic rings. The molecule has 1 atom stereocenters. The standard InChI is InChI=1S/C12H15Cl2NO2/c1-3-7-15-12(16)11(14)10-8(13)5-4-6-9(10)17-2/h4-6,11H,3,7H2,1-2H3,(H,15,16). The number of ether oxygens (including phenoxy) is 1. The minimum atomic E-state index is -0.842. The number of benzene rings is 1. The predicted octanol–water partition coefficient (Wildman–Crippen LogP) is 3.15. The molecule has 5 heteroatoms. The lowest BCUT2D eigenvalue weighted by atomic mass is 10.1. The van der Waals surface area contributed by atoms with E-state index in [2.05, 4.69) is 5.32 Å². The van der Waals surface area contributed by atoms with Gasteiger partial charge in [-0.05, 0) is 18.6 Å². The third kappa shape index (κ3) is 3.51. The van der Waals surface area contributed by atoms with Gasteiger partial charge in [0.1, 0.15) is 11.1 Å². The van der Waals surface area contributed by atoms with Gasteiger partial charge in [-0.3, -0.25) is 4.79 Å². The van der Waals surface area contributed by atoms with Crippen molar-refractivity contribution in [1.82, 2.24) is 5.32 Å². The van der Waals surface area contributed by atoms with Crippen molar-refractivity contribution in [3.05, 3.63) is 28.8 Å². The van der Waals surface area contributed by atoms with Crippen molar-refractivity contribution >= 4 is 29.1 Å². The molecule has 0 saturated heterocycles. The molecule has 1 aromatic carbocycles. The summed E-state index contributed by atoms with van der Waals surface area (Å²) in [6.45, 7) is 2.56. The molecule has 0 aliphatic heterocycles. The van der Waals surface area contributed by atoms with Crippen molar-refractivity contribution in [3.63, 3.8) is 0 Å². The van der Waals surface area contributed by atoms with Gasteiger partial charge in [-0.1, -0.05) is 24.6 Å². The second kappa shape index (κ2) is 6.72. The van der Waals surface area contributed by atoms with Crippen LogP contribution in [0, 0.1) is 0 Å². The third-order valence-corrected chi connectivity index (χ3v) is 3.01. The van der Waals surface area contributed by atoms with Gasteiger partial charge in [-0.15, -0.1) is 11.6 Å². The van der Waals surface area contributed by atoms with E-state index in [0.29, 0.717) is 22.9 Å². The minimum Gasteiger partial charge on any atom is -0.496 e. The van der Waals surface area contributed by atoms with Gasteiger partial charge in [-0.25, -0.2) is 0 Å². The Balaban J connectivity index is 2.94. The van der Waals surface area contributed by atoms with Gasteiger partial charge in [0.2, 0.25) is 5.91 Å². The average Bonchev–Trinajstić information content (AvgIpc) is 2.34. The van der Waals surface area contributed by atoms with Crippen LogP contribution in [-0.2, 0) is 4.79 Å². The van der Waals surface area contributed by atoms with E-state index in [1.807, 2.05) is 6.92 Å². The van der Waals surface area contributed by atoms with Crippen molar-refractivity contribution in [2.45, 2.75) is 18.7 Å². The summed E-state index contributed by atoms with van der Waals surface area (Å²) < 4.78 is 5.15. The quantitative estimate of drug-likeness (QED) is 0.839. The molecule has 1 unspecified atom stereocenters. The third-order valence-electron chi connectivity index (χ3n) is 2.27. The normalized spacial score (nSPS) is 12.0. The fraction of sp³-hybridized carbons (Fsp3) is 0.417. The summed E-state index contributed by atoms with van der Waals surface area (Å²) >= 11 is 12.1. The Morgan fingerprint density at radius 3 is 2.82 bits per heavy atom. The number of carbonyl (C=O) groups is 1. The Kier molecular flexibility index (Phi) is 5.59. The summed E-state index contributed by atoms with van der Waals surface area (Å²) in [5.74, 6) is 0.254. The lowest BCUT2D eigenvalue weighted by Crippen LogP contribution is -2.27. The fourth-order valence-corrected chi connectivity index (χ4v) is 2.04. The van der Waals surface area contributed by atoms with Crippen LogP contribution in [0.3, 0.4) is 0 Å². The van der Waals surface area contributed by atoms with Crippen LogP contribution in [0.25, 0.3) is 0 Å². The Morgan fingerprint density at radius 2 is 2.24 bits per heavy atom. The molecule has 1 N–H and O–H groups in total. The van der Waals surface area contributed by atoms with E-state index in [9.17, 15) is 4.79 Å². The van der Waals surface area contributed by atoms with Crippen LogP contribution in [-0.4, -0.2) is 19.6 Å². The zero-order chi connectivity index (χ0) is 12.8. The van der Waals surface area contributed by atoms with Crippen LogP contribution in [0.2, 0.25) is 5.02 Å². The Hall–Kier alpha value is -0.930. The van der Waals surface area contributed by atoms with E-state index in [-0.39, 0.29) is 5.91 Å². The highest BCUT2D eigenvalue weighted by molar-refractivity contribution is 6.36. The molecular formula is C12H15Cl2NO2. The number of hydrogen-bond acceptors (Lipinski definition) is 2. The molecule has 0 aliphatic rings. The van der Waals surface area contributed by atoms with Gasteiger partial charge in [0.15, 0.2) is 0 Å². The second-order valence-electron chi connectivity index (χ2n) is 3.51. The van der Waals surface area contributed by atoms with E-state index in [1.165, 1.54) is 7.11 Å². The summed E-state index contributed by atoms with van der Waals surface area (Å²) in [5.41, 5.74) is 0.506. The molecule has 17 heavy (non-hydrogen) atoms. The highest BCUT2D eigenvalue weighted by Crippen LogP contribution is 2.35. The average molecular weight is 276 g/mol. The molecule has 94 valence electrons. The lowest BCUT2D eigenvalue weighted by molar-refractivity contribution is -0.120. The molecular weight excluding hydrogens is 261 g/mol. The minimum absolute atomic E-state index is 0.264. The number of methoxy groups -OCH3 is 1. The van der Waals surface area contributed by atoms with Crippen molar-refractivity contribution in [3.8, 4) is 5.75 Å². The largest absolute Gasteiger partial charge is 0.496 e. The van der Waals surface area contributed by atoms with Crippen LogP contribution in [0.15, 0.2) is 18.2 Å². The molecule has 0 fully saturated rings. The molecule has 0 heterocycles. The summed E-state index contributed by atoms with van der Waals surface area (Å²) in [7, 11) is 1.52. The molecule has 1 rings (SSSR count). The van der Waals surface area contributed by atoms with Gasteiger partial charge in [0.25, 0.3) is 0 Å². The molecule has 1 amide bonds. The van der Waals surface area contributed by atoms with E-state index >= 15 is 0 Å². The predicted molar refractivity (Wildman–Crippen MR) is 69.9 cm³/mol. The first kappa shape index (κ1) is 14.1. The summed E-state index contributed by atoms with van der Waals surface area (Å²) in [6, 6.07) is 5.16. The van der Waals surface area contributed by atoms with Crippen molar-refractivity contribution < 1.29 is 9.53 Å². The Labute approximate surface area is 111 Å². The Morgan fingerprint density at radius 1 is 1.53 bits per heavy atom. The van der Waals surface area contributed by atoms with E-state index < -0.39 is 5.38 Å². The summed E-state index contributed by atoms with van der Waals surface area (Å²) in [4.78, 5) is 11.8. The van der Waals surface area contributed by atoms with Gasteiger partial charge in [-0.2, -0.15) is 0 Å². The van der Waals surface area contributed by atoms with Crippen LogP contribution in [0.1, 0.15) is 24.3 Å². The molecule has 0 spiro atoms. The monoisotopic (exact) mass is 275 g/mol. The maximum absolute atomic E-state index is 11.8. The van der Waals surface area contributed by atoms with Crippen LogP contribution in [0.5, 0.6) is 5.75 Å². The number of rotatable bonds is 5. The molecule has 0 aliphatic carbocycles. The number of amides is 1. The van der Waals surface area contributed by atoms with Crippen LogP contribution < -0.4 is 10.1 Å². The molecule has 0 bridgehead atoms. The number of alkyl halides is 1. The number of nitrogens with one attached hydrogen (secondary N) is 1. The molecule has 0 aromatic heterocycles. The fourth-order valence-electron chi connectivity index (χ4n) is 1.41. The first-order valence-electron chi connectivity index (χ1n) is 5.36. The van der Waals surface area contributed by atoms with Crippen LogP contribution >= 0.6 is 23.2 Å². The molecule has 3 nitrogen and oxygen atoms in total. The van der Waals surface area contributed by atoms with Gasteiger partial charge < -0.3 is 10.1 Å². The highest BCUT2D eigenvalue weighted by Gasteiger charge is 2.23. The van der Waals surface area contributed by atoms with E-state index in [1.54, 1.807) is 18.2 Å². The maximum Gasteiger partial charge on any atom is 0.242 e. The molecule has 0 radical (unpaired) electrons. The SMILES string of the molecule is CCCNC(=O)C(Cl)c1c(Cl)cccc1OC. The summed E-state index contributed by atoms with van der Waals surface area (Å²) in [5, 5.41) is 2.31. The Bertz CT molecular complexity index is 396. The first-order valence-corrected chi connectivity index (χ1v) is 6.17. The smallest absolute Gasteiger partial charge is 0.242 e. The van der Waals surface area contributed by atoms with Gasteiger partial charge in [0, 0.05) is 17.1 Å². The first-order chi connectivity index (χ1) is 8.11. The van der Waals surface area contributed by atoms with Crippen molar-refractivity contribution in [2.75, 3.05) is 13.7 Å². The van der Waals surface area contributed by atoms with Crippen molar-refractivity contribution in [1.29, 1.82) is 0 Å². The molecule has 0 saturated carbocycles. The van der Waals surface area contributed by atoms with E-state index in [4.69, 9.17) is 27.9 Å². The summed E-state index contributed by atoms with van der Waals surface area (Å²) in [6.07, 6.45) is 0.856. The number of hydrogen-bond donors (Lipinski definition) is 1. The van der Waals surface area contributed by atoms with Gasteiger partial charge >= 0.3 is 0 Å². The van der Waals surface area contributed by atoms with Crippen molar-refractivity contribution in [2.24, 2.45) is 0 Å². The van der Waals surface area contributed by atoms with Gasteiger partial charge in [0.05, 0.1) is 7.11 Å². The van der Waals surface area contributed by atoms with E-state index in [0.717, 1.165) is 6.42 Å².